The number of rotatable bonds is 21. The minimum atomic E-state index is -1.18. The molecule has 294 valence electrons. The van der Waals surface area contributed by atoms with E-state index in [4.69, 9.17) is 28.7 Å². The summed E-state index contributed by atoms with van der Waals surface area (Å²) in [6.07, 6.45) is 1.06. The molecule has 14 N–H and O–H groups in total. The number of carbonyl (C=O) groups is 5. The van der Waals surface area contributed by atoms with E-state index in [1.54, 1.807) is 0 Å². The number of aliphatic imine (C=N–C) groups is 2. The van der Waals surface area contributed by atoms with Crippen LogP contribution in [0.1, 0.15) is 43.7 Å². The monoisotopic (exact) mass is 867 g/mol. The summed E-state index contributed by atoms with van der Waals surface area (Å²) in [7, 11) is 0. The first-order valence-corrected chi connectivity index (χ1v) is 18.8. The van der Waals surface area contributed by atoms with E-state index in [9.17, 15) is 24.0 Å². The Morgan fingerprint density at radius 3 is 1.47 bits per heavy atom. The molecule has 0 saturated carbocycles. The molecule has 0 saturated heterocycles. The standard InChI is InChI=1S/C38H50IN11O5/c1-23(51)47-29(9-5-19-45-37(41)42)34(53)48-30(10-6-20-46-38(43)44)35(54)50-32(22-25-13-17-28(39)18-14-25)36(55)49-31(33(40)52)21-24-11-15-27(16-12-24)26-7-3-2-4-8-26/h2-4,7-8,11-18,29-32H,5-6,9-10,19-22H2,1H3,(H2,40,52)(H,47,51)(H,48,53)(H,49,55)(H,50,54)(H4,41,42,45)(H4,43,44,46)/t29-,30-,31-,32+/m0/s1. The minimum Gasteiger partial charge on any atom is -0.370 e. The van der Waals surface area contributed by atoms with Crippen LogP contribution in [-0.2, 0) is 36.8 Å². The molecule has 4 atom stereocenters. The van der Waals surface area contributed by atoms with Gasteiger partial charge in [0.05, 0.1) is 0 Å². The summed E-state index contributed by atoms with van der Waals surface area (Å²) >= 11 is 2.16. The molecular formula is C38H50IN11O5. The number of carbonyl (C=O) groups excluding carboxylic acids is 5. The normalized spacial score (nSPS) is 12.8. The molecule has 0 aliphatic rings. The van der Waals surface area contributed by atoms with Gasteiger partial charge in [-0.25, -0.2) is 0 Å². The molecule has 0 bridgehead atoms. The minimum absolute atomic E-state index is 0.0553. The van der Waals surface area contributed by atoms with Gasteiger partial charge in [0.25, 0.3) is 0 Å². The Bertz CT molecular complexity index is 1800. The first kappa shape index (κ1) is 43.7. The van der Waals surface area contributed by atoms with Gasteiger partial charge in [-0.05, 0) is 82.7 Å². The highest BCUT2D eigenvalue weighted by Gasteiger charge is 2.31. The third-order valence-corrected chi connectivity index (χ3v) is 9.08. The van der Waals surface area contributed by atoms with Crippen molar-refractivity contribution in [2.24, 2.45) is 38.7 Å². The average Bonchev–Trinajstić information content (AvgIpc) is 3.14. The smallest absolute Gasteiger partial charge is 0.243 e. The predicted octanol–water partition coefficient (Wildman–Crippen LogP) is 0.295. The van der Waals surface area contributed by atoms with E-state index in [1.165, 1.54) is 6.92 Å². The first-order valence-electron chi connectivity index (χ1n) is 17.7. The Morgan fingerprint density at radius 1 is 0.564 bits per heavy atom. The van der Waals surface area contributed by atoms with Gasteiger partial charge in [0.15, 0.2) is 11.9 Å². The van der Waals surface area contributed by atoms with E-state index < -0.39 is 53.7 Å². The molecule has 0 heterocycles. The van der Waals surface area contributed by atoms with Crippen LogP contribution in [0.3, 0.4) is 0 Å². The summed E-state index contributed by atoms with van der Waals surface area (Å²) in [5.41, 5.74) is 31.0. The number of nitrogens with zero attached hydrogens (tertiary/aromatic N) is 2. The lowest BCUT2D eigenvalue weighted by atomic mass is 9.99. The summed E-state index contributed by atoms with van der Waals surface area (Å²) in [5.74, 6) is -3.43. The maximum absolute atomic E-state index is 14.0. The highest BCUT2D eigenvalue weighted by molar-refractivity contribution is 14.1. The van der Waals surface area contributed by atoms with Gasteiger partial charge in [0, 0.05) is 36.4 Å². The molecule has 3 aromatic carbocycles. The zero-order valence-corrected chi connectivity index (χ0v) is 32.8. The highest BCUT2D eigenvalue weighted by Crippen LogP contribution is 2.20. The number of benzene rings is 3. The van der Waals surface area contributed by atoms with Crippen molar-refractivity contribution < 1.29 is 24.0 Å². The third-order valence-electron chi connectivity index (χ3n) is 8.36. The van der Waals surface area contributed by atoms with Crippen molar-refractivity contribution in [3.63, 3.8) is 0 Å². The number of guanidine groups is 2. The van der Waals surface area contributed by atoms with Crippen LogP contribution in [0.2, 0.25) is 0 Å². The van der Waals surface area contributed by atoms with E-state index in [-0.39, 0.29) is 57.1 Å². The van der Waals surface area contributed by atoms with Crippen molar-refractivity contribution in [1.29, 1.82) is 0 Å². The summed E-state index contributed by atoms with van der Waals surface area (Å²) in [4.78, 5) is 74.0. The highest BCUT2D eigenvalue weighted by atomic mass is 127. The summed E-state index contributed by atoms with van der Waals surface area (Å²) in [5, 5.41) is 10.8. The van der Waals surface area contributed by atoms with Crippen molar-refractivity contribution >= 4 is 64.0 Å². The number of nitrogens with one attached hydrogen (secondary N) is 4. The second kappa shape index (κ2) is 22.5. The Hall–Kier alpha value is -5.72. The Balaban J connectivity index is 1.84. The van der Waals surface area contributed by atoms with Crippen LogP contribution in [0, 0.1) is 3.57 Å². The molecule has 0 radical (unpaired) electrons. The fourth-order valence-corrected chi connectivity index (χ4v) is 5.95. The fraction of sp³-hybridized carbons (Fsp3) is 0.342. The van der Waals surface area contributed by atoms with Gasteiger partial charge in [0.2, 0.25) is 29.5 Å². The van der Waals surface area contributed by atoms with E-state index in [2.05, 4.69) is 53.8 Å². The number of halogens is 1. The predicted molar refractivity (Wildman–Crippen MR) is 221 cm³/mol. The third kappa shape index (κ3) is 16.0. The molecule has 0 fully saturated rings. The molecule has 5 amide bonds. The molecule has 16 nitrogen and oxygen atoms in total. The maximum Gasteiger partial charge on any atom is 0.243 e. The van der Waals surface area contributed by atoms with E-state index >= 15 is 0 Å². The molecule has 0 aliphatic carbocycles. The van der Waals surface area contributed by atoms with Gasteiger partial charge in [0.1, 0.15) is 24.2 Å². The number of nitrogens with two attached hydrogens (primary N) is 5. The molecule has 0 unspecified atom stereocenters. The van der Waals surface area contributed by atoms with Gasteiger partial charge in [-0.2, -0.15) is 0 Å². The Morgan fingerprint density at radius 2 is 0.982 bits per heavy atom. The van der Waals surface area contributed by atoms with Crippen molar-refractivity contribution in [1.82, 2.24) is 21.3 Å². The first-order chi connectivity index (χ1) is 26.2. The molecule has 17 heteroatoms. The topological polar surface area (TPSA) is 288 Å². The van der Waals surface area contributed by atoms with E-state index in [0.717, 1.165) is 25.8 Å². The lowest BCUT2D eigenvalue weighted by Gasteiger charge is -2.26. The number of primary amides is 1. The molecule has 0 aliphatic heterocycles. The van der Waals surface area contributed by atoms with E-state index in [1.807, 2.05) is 78.9 Å². The summed E-state index contributed by atoms with van der Waals surface area (Å²) < 4.78 is 0.967. The van der Waals surface area contributed by atoms with Crippen LogP contribution in [-0.4, -0.2) is 78.7 Å². The molecule has 3 aromatic rings. The number of amides is 5. The van der Waals surface area contributed by atoms with E-state index in [0.29, 0.717) is 6.42 Å². The lowest BCUT2D eigenvalue weighted by Crippen LogP contribution is -2.58. The molecule has 55 heavy (non-hydrogen) atoms. The van der Waals surface area contributed by atoms with Gasteiger partial charge in [-0.1, -0.05) is 66.7 Å². The summed E-state index contributed by atoms with van der Waals surface area (Å²) in [6.45, 7) is 1.65. The number of hydrogen-bond acceptors (Lipinski definition) is 7. The Kier molecular flexibility index (Phi) is 17.9. The Labute approximate surface area is 334 Å². The van der Waals surface area contributed by atoms with Crippen LogP contribution in [0.15, 0.2) is 88.8 Å². The van der Waals surface area contributed by atoms with Crippen molar-refractivity contribution in [2.45, 2.75) is 69.6 Å². The van der Waals surface area contributed by atoms with Crippen LogP contribution < -0.4 is 49.9 Å². The van der Waals surface area contributed by atoms with Gasteiger partial charge in [-0.3, -0.25) is 34.0 Å². The second-order valence-electron chi connectivity index (χ2n) is 12.8. The van der Waals surface area contributed by atoms with Crippen LogP contribution in [0.25, 0.3) is 11.1 Å². The van der Waals surface area contributed by atoms with Crippen LogP contribution >= 0.6 is 22.6 Å². The molecule has 0 aromatic heterocycles. The average molecular weight is 868 g/mol. The largest absolute Gasteiger partial charge is 0.370 e. The van der Waals surface area contributed by atoms with Gasteiger partial charge >= 0.3 is 0 Å². The molecule has 3 rings (SSSR count). The quantitative estimate of drug-likeness (QED) is 0.0308. The maximum atomic E-state index is 14.0. The molecular weight excluding hydrogens is 817 g/mol. The fourth-order valence-electron chi connectivity index (χ4n) is 5.59. The molecule has 0 spiro atoms. The summed E-state index contributed by atoms with van der Waals surface area (Å²) in [6, 6.07) is 20.3. The van der Waals surface area contributed by atoms with Crippen molar-refractivity contribution in [2.75, 3.05) is 13.1 Å². The second-order valence-corrected chi connectivity index (χ2v) is 14.1. The van der Waals surface area contributed by atoms with Crippen LogP contribution in [0.4, 0.5) is 0 Å². The van der Waals surface area contributed by atoms with Gasteiger partial charge < -0.3 is 49.9 Å². The zero-order chi connectivity index (χ0) is 40.3. The van der Waals surface area contributed by atoms with Crippen molar-refractivity contribution in [3.05, 3.63) is 93.6 Å². The lowest BCUT2D eigenvalue weighted by molar-refractivity contribution is -0.134. The number of hydrogen-bond donors (Lipinski definition) is 9. The van der Waals surface area contributed by atoms with Crippen LogP contribution in [0.5, 0.6) is 0 Å². The zero-order valence-electron chi connectivity index (χ0n) is 30.7. The van der Waals surface area contributed by atoms with Crippen molar-refractivity contribution in [3.8, 4) is 11.1 Å². The van der Waals surface area contributed by atoms with Gasteiger partial charge in [-0.15, -0.1) is 0 Å². The SMILES string of the molecule is CC(=O)N[C@@H](CCCN=C(N)N)C(=O)N[C@@H](CCCN=C(N)N)C(=O)N[C@H](Cc1ccc(I)cc1)C(=O)N[C@@H](Cc1ccc(-c2ccccc2)cc1)C(N)=O.